The molecule has 0 bridgehead atoms. The molecule has 1 saturated heterocycles. The molecule has 1 heterocycles. The lowest BCUT2D eigenvalue weighted by atomic mass is 9.56. The van der Waals surface area contributed by atoms with Crippen LogP contribution in [0.1, 0.15) is 93.8 Å². The molecular formula is C42H44N2O14. The fourth-order valence-electron chi connectivity index (χ4n) is 9.05. The van der Waals surface area contributed by atoms with Gasteiger partial charge in [-0.05, 0) is 49.4 Å². The molecule has 4 aliphatic rings. The molecule has 7 rings (SSSR count). The largest absolute Gasteiger partial charge is 0.507 e. The number of aliphatic imine (C=N–C) groups is 1. The molecule has 3 aliphatic carbocycles. The Balaban J connectivity index is 1.31. The van der Waals surface area contributed by atoms with E-state index in [1.54, 1.807) is 6.92 Å². The predicted octanol–water partition coefficient (Wildman–Crippen LogP) is 1.68. The summed E-state index contributed by atoms with van der Waals surface area (Å²) in [6, 6.07) is 11.9. The highest BCUT2D eigenvalue weighted by Gasteiger charge is 2.72. The second-order valence-electron chi connectivity index (χ2n) is 15.0. The molecule has 16 heteroatoms. The Kier molecular flexibility index (Phi) is 10.7. The third kappa shape index (κ3) is 5.93. The molecule has 1 aliphatic heterocycles. The third-order valence-corrected chi connectivity index (χ3v) is 11.8. The zero-order valence-corrected chi connectivity index (χ0v) is 32.4. The van der Waals surface area contributed by atoms with Crippen molar-refractivity contribution < 1.29 is 68.5 Å². The number of Topliss-reactive ketones (excluding diaryl/α,β-unsaturated/α-hetero) is 4. The fraction of sp³-hybridized carbons (Fsp3) is 0.429. The van der Waals surface area contributed by atoms with Crippen molar-refractivity contribution in [3.05, 3.63) is 92.5 Å². The lowest BCUT2D eigenvalue weighted by molar-refractivity contribution is -0.228. The summed E-state index contributed by atoms with van der Waals surface area (Å²) in [4.78, 5) is 75.3. The smallest absolute Gasteiger partial charge is 0.255 e. The maximum atomic E-state index is 14.9. The van der Waals surface area contributed by atoms with E-state index >= 15 is 0 Å². The number of carbonyl (C=O) groups is 5. The Morgan fingerprint density at radius 2 is 1.64 bits per heavy atom. The first-order valence-electron chi connectivity index (χ1n) is 18.8. The second-order valence-corrected chi connectivity index (χ2v) is 15.0. The van der Waals surface area contributed by atoms with Gasteiger partial charge in [-0.1, -0.05) is 36.4 Å². The van der Waals surface area contributed by atoms with Crippen LogP contribution in [0.2, 0.25) is 0 Å². The normalized spacial score (nSPS) is 29.8. The molecule has 0 radical (unpaired) electrons. The van der Waals surface area contributed by atoms with Gasteiger partial charge in [0.05, 0.1) is 41.0 Å². The number of nitrogens with zero attached hydrogens (tertiary/aromatic N) is 1. The molecule has 6 N–H and O–H groups in total. The van der Waals surface area contributed by atoms with Gasteiger partial charge in [0.25, 0.3) is 5.91 Å². The lowest BCUT2D eigenvalue weighted by Gasteiger charge is -2.53. The summed E-state index contributed by atoms with van der Waals surface area (Å²) in [7, 11) is 3.61. The molecule has 0 aromatic heterocycles. The van der Waals surface area contributed by atoms with Crippen molar-refractivity contribution in [2.75, 3.05) is 27.9 Å². The van der Waals surface area contributed by atoms with Crippen LogP contribution in [0.25, 0.3) is 0 Å². The fourth-order valence-corrected chi connectivity index (χ4v) is 9.05. The number of hydrogen-bond acceptors (Lipinski definition) is 15. The van der Waals surface area contributed by atoms with Crippen molar-refractivity contribution in [2.24, 2.45) is 4.99 Å². The number of rotatable bonds is 9. The van der Waals surface area contributed by atoms with Gasteiger partial charge >= 0.3 is 0 Å². The SMILES string of the molecule is CO[C@@H]1[C@@H](O)[C@@H](OC)C(N=C2CC(=O)c3c(cc4c(c3O)C(=O)[C@]3(OC)[C@H](O)Cc5cc(C)c(C(=O)NCCCc6ccccc6)c(O)c5[C@]3(O)C4=O)C2=O)O[C@H]1C. The molecule has 1 fully saturated rings. The number of aromatic hydroxyl groups is 2. The number of hydrogen-bond donors (Lipinski definition) is 6. The quantitative estimate of drug-likeness (QED) is 0.169. The molecule has 3 aromatic rings. The van der Waals surface area contributed by atoms with E-state index in [1.165, 1.54) is 27.2 Å². The van der Waals surface area contributed by atoms with Crippen LogP contribution in [0.5, 0.6) is 11.5 Å². The van der Waals surface area contributed by atoms with Crippen LogP contribution in [-0.4, -0.2) is 131 Å². The number of ether oxygens (including phenoxy) is 4. The zero-order chi connectivity index (χ0) is 42.0. The highest BCUT2D eigenvalue weighted by molar-refractivity contribution is 6.53. The van der Waals surface area contributed by atoms with E-state index in [-0.39, 0.29) is 28.9 Å². The van der Waals surface area contributed by atoms with Gasteiger partial charge in [-0.15, -0.1) is 0 Å². The van der Waals surface area contributed by atoms with Crippen molar-refractivity contribution in [2.45, 2.75) is 87.5 Å². The van der Waals surface area contributed by atoms with E-state index < -0.39 is 129 Å². The Morgan fingerprint density at radius 3 is 2.29 bits per heavy atom. The van der Waals surface area contributed by atoms with E-state index in [1.807, 2.05) is 30.3 Å². The van der Waals surface area contributed by atoms with Gasteiger partial charge in [0, 0.05) is 51.0 Å². The molecular weight excluding hydrogens is 756 g/mol. The Morgan fingerprint density at radius 1 is 0.948 bits per heavy atom. The summed E-state index contributed by atoms with van der Waals surface area (Å²) in [6.07, 6.45) is -7.04. The van der Waals surface area contributed by atoms with Gasteiger partial charge < -0.3 is 49.8 Å². The minimum atomic E-state index is -3.23. The van der Waals surface area contributed by atoms with Crippen LogP contribution in [-0.2, 0) is 37.4 Å². The van der Waals surface area contributed by atoms with E-state index in [0.717, 1.165) is 18.7 Å². The number of amides is 1. The summed E-state index contributed by atoms with van der Waals surface area (Å²) < 4.78 is 22.2. The summed E-state index contributed by atoms with van der Waals surface area (Å²) in [5, 5.41) is 61.4. The molecule has 16 nitrogen and oxygen atoms in total. The minimum absolute atomic E-state index is 0.0260. The van der Waals surface area contributed by atoms with Crippen molar-refractivity contribution in [3.63, 3.8) is 0 Å². The average molecular weight is 801 g/mol. The zero-order valence-electron chi connectivity index (χ0n) is 32.4. The number of aryl methyl sites for hydroxylation is 2. The van der Waals surface area contributed by atoms with Gasteiger partial charge in [-0.3, -0.25) is 29.0 Å². The van der Waals surface area contributed by atoms with E-state index in [9.17, 15) is 49.5 Å². The number of phenolic OH excluding ortho intramolecular Hbond substituents is 2. The molecule has 0 saturated carbocycles. The highest BCUT2D eigenvalue weighted by Crippen LogP contribution is 2.56. The first-order valence-corrected chi connectivity index (χ1v) is 18.8. The molecule has 58 heavy (non-hydrogen) atoms. The summed E-state index contributed by atoms with van der Waals surface area (Å²) in [5.41, 5.74) is -8.70. The Bertz CT molecular complexity index is 2270. The van der Waals surface area contributed by atoms with Crippen LogP contribution in [0.3, 0.4) is 0 Å². The number of methoxy groups -OCH3 is 3. The predicted molar refractivity (Wildman–Crippen MR) is 203 cm³/mol. The molecule has 0 spiro atoms. The molecule has 1 amide bonds. The van der Waals surface area contributed by atoms with Crippen LogP contribution < -0.4 is 5.32 Å². The molecule has 3 aromatic carbocycles. The number of aliphatic hydroxyl groups excluding tert-OH is 2. The first kappa shape index (κ1) is 41.0. The second kappa shape index (κ2) is 15.2. The van der Waals surface area contributed by atoms with Crippen LogP contribution in [0.4, 0.5) is 0 Å². The van der Waals surface area contributed by atoms with Gasteiger partial charge in [0.1, 0.15) is 29.8 Å². The monoisotopic (exact) mass is 800 g/mol. The maximum absolute atomic E-state index is 14.9. The van der Waals surface area contributed by atoms with Crippen LogP contribution >= 0.6 is 0 Å². The number of aliphatic hydroxyl groups is 3. The molecule has 1 unspecified atom stereocenters. The highest BCUT2D eigenvalue weighted by atomic mass is 16.6. The van der Waals surface area contributed by atoms with E-state index in [2.05, 4.69) is 10.3 Å². The van der Waals surface area contributed by atoms with Crippen molar-refractivity contribution >= 4 is 34.8 Å². The van der Waals surface area contributed by atoms with Crippen molar-refractivity contribution in [1.29, 1.82) is 0 Å². The standard InChI is InChI=1S/C42H44N2O14/c1-18-14-21-15-26(46)42(57-5)38(52)29-23(37(51)41(42,54)30(21)33(49)27(18)39(53)43-13-9-12-20-10-7-6-8-11-20)16-22-28(32(29)48)25(45)17-24(31(22)47)44-40-36(56-4)34(50)35(55-3)19(2)58-40/h6-8,10-11,14,16,19,26,34-36,40,46,48-50,54H,9,12-13,15,17H2,1-5H3,(H,43,53)/t19-,26+,34+,35-,36+,40?,41-,42+/m0/s1. The van der Waals surface area contributed by atoms with E-state index in [4.69, 9.17) is 18.9 Å². The summed E-state index contributed by atoms with van der Waals surface area (Å²) >= 11 is 0. The molecule has 306 valence electrons. The van der Waals surface area contributed by atoms with Crippen LogP contribution in [0, 0.1) is 6.92 Å². The van der Waals surface area contributed by atoms with Crippen molar-refractivity contribution in [3.8, 4) is 11.5 Å². The number of phenols is 2. The lowest BCUT2D eigenvalue weighted by Crippen LogP contribution is -2.73. The van der Waals surface area contributed by atoms with Gasteiger partial charge in [-0.25, -0.2) is 0 Å². The van der Waals surface area contributed by atoms with Gasteiger partial charge in [0.2, 0.25) is 17.3 Å². The maximum Gasteiger partial charge on any atom is 0.255 e. The van der Waals surface area contributed by atoms with Crippen LogP contribution in [0.15, 0.2) is 47.5 Å². The number of nitrogens with one attached hydrogen (secondary N) is 1. The number of fused-ring (bicyclic) bond motifs is 5. The van der Waals surface area contributed by atoms with Gasteiger partial charge in [0.15, 0.2) is 23.2 Å². The third-order valence-electron chi connectivity index (χ3n) is 11.8. The Hall–Kier alpha value is -5.20. The summed E-state index contributed by atoms with van der Waals surface area (Å²) in [5.74, 6) is -7.13. The topological polar surface area (TPSA) is 248 Å². The van der Waals surface area contributed by atoms with Crippen molar-refractivity contribution in [1.82, 2.24) is 5.32 Å². The summed E-state index contributed by atoms with van der Waals surface area (Å²) in [6.45, 7) is 3.33. The molecule has 8 atom stereocenters. The van der Waals surface area contributed by atoms with E-state index in [0.29, 0.717) is 12.8 Å². The number of carbonyl (C=O) groups excluding carboxylic acids is 5. The minimum Gasteiger partial charge on any atom is -0.507 e. The number of benzene rings is 3. The van der Waals surface area contributed by atoms with Gasteiger partial charge in [-0.2, -0.15) is 0 Å². The first-order chi connectivity index (χ1) is 27.6. The number of ketones is 4. The Labute approximate surface area is 332 Å². The average Bonchev–Trinajstić information content (AvgIpc) is 3.17.